The molecule has 92 valence electrons. The van der Waals surface area contributed by atoms with Crippen LogP contribution in [0, 0.1) is 0 Å². The molecule has 1 aliphatic rings. The minimum absolute atomic E-state index is 0.0799. The molecular weight excluding hydrogens is 206 g/mol. The maximum absolute atomic E-state index is 11.3. The molecule has 4 heteroatoms. The molecule has 1 unspecified atom stereocenters. The van der Waals surface area contributed by atoms with Gasteiger partial charge in [0.25, 0.3) is 0 Å². The minimum atomic E-state index is -0.335. The van der Waals surface area contributed by atoms with Crippen LogP contribution in [-0.2, 0) is 14.4 Å². The minimum Gasteiger partial charge on any atom is -0.461 e. The summed E-state index contributed by atoms with van der Waals surface area (Å²) < 4.78 is 4.87. The number of hydrogen-bond acceptors (Lipinski definition) is 4. The van der Waals surface area contributed by atoms with Crippen LogP contribution >= 0.6 is 0 Å². The van der Waals surface area contributed by atoms with Crippen LogP contribution in [0.25, 0.3) is 0 Å². The Morgan fingerprint density at radius 2 is 2.25 bits per heavy atom. The average Bonchev–Trinajstić information content (AvgIpc) is 2.73. The summed E-state index contributed by atoms with van der Waals surface area (Å²) >= 11 is 0. The Morgan fingerprint density at radius 1 is 1.44 bits per heavy atom. The number of carbonyl (C=O) groups excluding carboxylic acids is 1. The molecule has 1 atom stereocenters. The van der Waals surface area contributed by atoms with Crippen molar-refractivity contribution in [2.75, 3.05) is 6.61 Å². The molecule has 1 aliphatic heterocycles. The molecule has 16 heavy (non-hydrogen) atoms. The van der Waals surface area contributed by atoms with E-state index >= 15 is 0 Å². The number of esters is 1. The molecule has 1 heterocycles. The fourth-order valence-electron chi connectivity index (χ4n) is 1.72. The Morgan fingerprint density at radius 3 is 2.94 bits per heavy atom. The lowest BCUT2D eigenvalue weighted by Crippen LogP contribution is -2.18. The predicted octanol–water partition coefficient (Wildman–Crippen LogP) is 2.66. The number of unbranched alkanes of at least 4 members (excludes halogenated alkanes) is 3. The second-order valence-electron chi connectivity index (χ2n) is 4.04. The smallest absolute Gasteiger partial charge is 0.356 e. The quantitative estimate of drug-likeness (QED) is 0.496. The molecule has 0 saturated heterocycles. The zero-order valence-corrected chi connectivity index (χ0v) is 10.2. The molecule has 0 spiro atoms. The first-order valence-corrected chi connectivity index (χ1v) is 6.17. The highest BCUT2D eigenvalue weighted by atomic mass is 16.6. The van der Waals surface area contributed by atoms with Crippen LogP contribution in [0.4, 0.5) is 0 Å². The van der Waals surface area contributed by atoms with Crippen LogP contribution in [0.2, 0.25) is 0 Å². The molecule has 0 aromatic rings. The van der Waals surface area contributed by atoms with Crippen LogP contribution in [-0.4, -0.2) is 24.4 Å². The molecule has 0 aromatic carbocycles. The van der Waals surface area contributed by atoms with E-state index in [2.05, 4.69) is 12.1 Å². The summed E-state index contributed by atoms with van der Waals surface area (Å²) in [6, 6.07) is 0. The molecule has 0 radical (unpaired) electrons. The molecular formula is C12H21NO3. The molecule has 4 nitrogen and oxygen atoms in total. The van der Waals surface area contributed by atoms with Crippen LogP contribution < -0.4 is 0 Å². The maximum atomic E-state index is 11.3. The van der Waals surface area contributed by atoms with E-state index in [9.17, 15) is 4.79 Å². The molecule has 0 amide bonds. The predicted molar refractivity (Wildman–Crippen MR) is 62.3 cm³/mol. The first-order chi connectivity index (χ1) is 7.77. The van der Waals surface area contributed by atoms with E-state index in [4.69, 9.17) is 9.57 Å². The zero-order chi connectivity index (χ0) is 11.8. The van der Waals surface area contributed by atoms with E-state index in [-0.39, 0.29) is 12.1 Å². The molecule has 0 N–H and O–H groups in total. The first-order valence-electron chi connectivity index (χ1n) is 6.17. The largest absolute Gasteiger partial charge is 0.461 e. The lowest BCUT2D eigenvalue weighted by Gasteiger charge is -2.06. The number of hydrogen-bond donors (Lipinski definition) is 0. The summed E-state index contributed by atoms with van der Waals surface area (Å²) in [7, 11) is 0. The van der Waals surface area contributed by atoms with Gasteiger partial charge in [0.2, 0.25) is 0 Å². The van der Waals surface area contributed by atoms with Crippen molar-refractivity contribution in [1.29, 1.82) is 0 Å². The van der Waals surface area contributed by atoms with E-state index in [1.54, 1.807) is 6.92 Å². The van der Waals surface area contributed by atoms with Crippen LogP contribution in [0.5, 0.6) is 0 Å². The summed E-state index contributed by atoms with van der Waals surface area (Å²) in [5, 5.41) is 3.78. The van der Waals surface area contributed by atoms with Gasteiger partial charge in [-0.05, 0) is 19.8 Å². The van der Waals surface area contributed by atoms with Gasteiger partial charge in [-0.15, -0.1) is 0 Å². The van der Waals surface area contributed by atoms with E-state index < -0.39 is 0 Å². The lowest BCUT2D eigenvalue weighted by atomic mass is 10.1. The first kappa shape index (κ1) is 13.0. The van der Waals surface area contributed by atoms with Gasteiger partial charge >= 0.3 is 5.97 Å². The zero-order valence-electron chi connectivity index (χ0n) is 10.2. The summed E-state index contributed by atoms with van der Waals surface area (Å²) in [5.41, 5.74) is 0.433. The highest BCUT2D eigenvalue weighted by Gasteiger charge is 2.26. The van der Waals surface area contributed by atoms with E-state index in [0.717, 1.165) is 12.8 Å². The fraction of sp³-hybridized carbons (Fsp3) is 0.833. The van der Waals surface area contributed by atoms with Gasteiger partial charge in [0.1, 0.15) is 6.10 Å². The highest BCUT2D eigenvalue weighted by molar-refractivity contribution is 6.36. The van der Waals surface area contributed by atoms with Gasteiger partial charge in [0.15, 0.2) is 5.71 Å². The number of oxime groups is 1. The Balaban J connectivity index is 2.15. The van der Waals surface area contributed by atoms with Crippen molar-refractivity contribution in [3.63, 3.8) is 0 Å². The normalized spacial score (nSPS) is 19.1. The third-order valence-electron chi connectivity index (χ3n) is 2.62. The summed E-state index contributed by atoms with van der Waals surface area (Å²) in [6.07, 6.45) is 6.53. The van der Waals surface area contributed by atoms with Crippen molar-refractivity contribution in [2.45, 2.75) is 58.5 Å². The maximum Gasteiger partial charge on any atom is 0.356 e. The van der Waals surface area contributed by atoms with Gasteiger partial charge in [0.05, 0.1) is 6.61 Å². The van der Waals surface area contributed by atoms with Crippen LogP contribution in [0.1, 0.15) is 52.4 Å². The molecule has 0 bridgehead atoms. The van der Waals surface area contributed by atoms with Crippen molar-refractivity contribution in [3.8, 4) is 0 Å². The molecule has 0 aromatic heterocycles. The summed E-state index contributed by atoms with van der Waals surface area (Å²) in [4.78, 5) is 16.5. The molecule has 0 fully saturated rings. The van der Waals surface area contributed by atoms with Crippen molar-refractivity contribution in [3.05, 3.63) is 0 Å². The molecule has 0 aliphatic carbocycles. The van der Waals surface area contributed by atoms with Crippen molar-refractivity contribution >= 4 is 11.7 Å². The third-order valence-corrected chi connectivity index (χ3v) is 2.62. The van der Waals surface area contributed by atoms with E-state index in [0.29, 0.717) is 18.7 Å². The van der Waals surface area contributed by atoms with Crippen molar-refractivity contribution < 1.29 is 14.4 Å². The van der Waals surface area contributed by atoms with Gasteiger partial charge in [-0.3, -0.25) is 0 Å². The SMILES string of the molecule is CCCCCCC1CC(C(=O)OCC)=NO1. The molecule has 0 saturated carbocycles. The van der Waals surface area contributed by atoms with Gasteiger partial charge in [-0.25, -0.2) is 4.79 Å². The summed E-state index contributed by atoms with van der Waals surface area (Å²) in [6.45, 7) is 4.36. The number of carbonyl (C=O) groups is 1. The van der Waals surface area contributed by atoms with Gasteiger partial charge < -0.3 is 9.57 Å². The number of nitrogens with zero attached hydrogens (tertiary/aromatic N) is 1. The van der Waals surface area contributed by atoms with Crippen LogP contribution in [0.3, 0.4) is 0 Å². The second kappa shape index (κ2) is 7.25. The third kappa shape index (κ3) is 4.21. The lowest BCUT2D eigenvalue weighted by molar-refractivity contribution is -0.135. The fourth-order valence-corrected chi connectivity index (χ4v) is 1.72. The Bertz CT molecular complexity index is 251. The van der Waals surface area contributed by atoms with Gasteiger partial charge in [0, 0.05) is 6.42 Å². The second-order valence-corrected chi connectivity index (χ2v) is 4.04. The standard InChI is InChI=1S/C12H21NO3/c1-3-5-6-7-8-10-9-11(13-16-10)12(14)15-4-2/h10H,3-9H2,1-2H3. The average molecular weight is 227 g/mol. The highest BCUT2D eigenvalue weighted by Crippen LogP contribution is 2.18. The Hall–Kier alpha value is -1.06. The van der Waals surface area contributed by atoms with Crippen molar-refractivity contribution in [1.82, 2.24) is 0 Å². The topological polar surface area (TPSA) is 47.9 Å². The van der Waals surface area contributed by atoms with E-state index in [1.165, 1.54) is 19.3 Å². The Kier molecular flexibility index (Phi) is 5.90. The molecule has 1 rings (SSSR count). The van der Waals surface area contributed by atoms with E-state index in [1.807, 2.05) is 0 Å². The number of ether oxygens (including phenoxy) is 1. The number of rotatable bonds is 7. The monoisotopic (exact) mass is 227 g/mol. The van der Waals surface area contributed by atoms with Crippen molar-refractivity contribution in [2.24, 2.45) is 5.16 Å². The summed E-state index contributed by atoms with van der Waals surface area (Å²) in [5.74, 6) is -0.335. The Labute approximate surface area is 97.0 Å². The van der Waals surface area contributed by atoms with Crippen LogP contribution in [0.15, 0.2) is 5.16 Å². The van der Waals surface area contributed by atoms with Gasteiger partial charge in [-0.1, -0.05) is 31.3 Å². The van der Waals surface area contributed by atoms with Gasteiger partial charge in [-0.2, -0.15) is 0 Å².